The first-order chi connectivity index (χ1) is 10.1. The van der Waals surface area contributed by atoms with Gasteiger partial charge in [0.1, 0.15) is 17.5 Å². The fourth-order valence-electron chi connectivity index (χ4n) is 2.52. The van der Waals surface area contributed by atoms with Crippen LogP contribution in [0.5, 0.6) is 5.75 Å². The molecule has 0 radical (unpaired) electrons. The number of Topliss-reactive ketones (excluding diaryl/α,β-unsaturated/α-hetero) is 1. The van der Waals surface area contributed by atoms with E-state index in [0.717, 1.165) is 18.7 Å². The first-order valence-electron chi connectivity index (χ1n) is 7.10. The number of rotatable bonds is 5. The maximum Gasteiger partial charge on any atom is 0.317 e. The molecule has 0 aromatic heterocycles. The average Bonchev–Trinajstić information content (AvgIpc) is 2.53. The highest BCUT2D eigenvalue weighted by molar-refractivity contribution is 5.99. The number of hydrogen-bond donors (Lipinski definition) is 0. The Morgan fingerprint density at radius 1 is 1.29 bits per heavy atom. The summed E-state index contributed by atoms with van der Waals surface area (Å²) >= 11 is 0. The number of hydrogen-bond acceptors (Lipinski definition) is 5. The van der Waals surface area contributed by atoms with Gasteiger partial charge < -0.3 is 14.4 Å². The minimum absolute atomic E-state index is 0.0115. The third kappa shape index (κ3) is 4.04. The zero-order valence-electron chi connectivity index (χ0n) is 12.5. The smallest absolute Gasteiger partial charge is 0.317 e. The average molecular weight is 291 g/mol. The Hall–Kier alpha value is -1.88. The van der Waals surface area contributed by atoms with Gasteiger partial charge in [-0.1, -0.05) is 12.1 Å². The van der Waals surface area contributed by atoms with Crippen molar-refractivity contribution >= 4 is 11.8 Å². The molecule has 1 aliphatic heterocycles. The van der Waals surface area contributed by atoms with Crippen molar-refractivity contribution in [1.82, 2.24) is 4.90 Å². The van der Waals surface area contributed by atoms with Gasteiger partial charge in [0, 0.05) is 26.1 Å². The van der Waals surface area contributed by atoms with Gasteiger partial charge in [-0.3, -0.25) is 9.59 Å². The van der Waals surface area contributed by atoms with Crippen LogP contribution in [0.3, 0.4) is 0 Å². The van der Waals surface area contributed by atoms with Gasteiger partial charge in [0.15, 0.2) is 0 Å². The molecule has 0 N–H and O–H groups in total. The van der Waals surface area contributed by atoms with Gasteiger partial charge in [-0.15, -0.1) is 0 Å². The summed E-state index contributed by atoms with van der Waals surface area (Å²) in [4.78, 5) is 25.5. The van der Waals surface area contributed by atoms with Gasteiger partial charge in [-0.25, -0.2) is 0 Å². The Labute approximate surface area is 124 Å². The van der Waals surface area contributed by atoms with Crippen LogP contribution in [-0.4, -0.2) is 50.5 Å². The zero-order valence-corrected chi connectivity index (χ0v) is 12.5. The maximum absolute atomic E-state index is 11.7. The van der Waals surface area contributed by atoms with Gasteiger partial charge in [0.25, 0.3) is 0 Å². The fraction of sp³-hybridized carbons (Fsp3) is 0.500. The molecule has 0 spiro atoms. The Morgan fingerprint density at radius 3 is 2.62 bits per heavy atom. The van der Waals surface area contributed by atoms with Gasteiger partial charge in [0.2, 0.25) is 0 Å². The Bertz CT molecular complexity index is 490. The molecule has 1 fully saturated rings. The van der Waals surface area contributed by atoms with Crippen LogP contribution in [0.1, 0.15) is 12.0 Å². The van der Waals surface area contributed by atoms with Crippen molar-refractivity contribution in [1.29, 1.82) is 0 Å². The molecule has 1 heterocycles. The predicted molar refractivity (Wildman–Crippen MR) is 78.3 cm³/mol. The molecule has 1 atom stereocenters. The van der Waals surface area contributed by atoms with Gasteiger partial charge in [-0.2, -0.15) is 0 Å². The standard InChI is InChI=1S/C16H21NO4/c1-20-13-5-3-12(4-6-13)7-9-17-10-8-15(18)14(11-17)16(19)21-2/h3-6,14H,7-11H2,1-2H3. The summed E-state index contributed by atoms with van der Waals surface area (Å²) in [5, 5.41) is 0. The van der Waals surface area contributed by atoms with Crippen molar-refractivity contribution in [3.63, 3.8) is 0 Å². The first-order valence-corrected chi connectivity index (χ1v) is 7.10. The van der Waals surface area contributed by atoms with E-state index in [1.54, 1.807) is 7.11 Å². The lowest BCUT2D eigenvalue weighted by atomic mass is 9.96. The van der Waals surface area contributed by atoms with Crippen molar-refractivity contribution in [3.8, 4) is 5.75 Å². The van der Waals surface area contributed by atoms with Crippen molar-refractivity contribution in [2.45, 2.75) is 12.8 Å². The van der Waals surface area contributed by atoms with E-state index in [1.165, 1.54) is 12.7 Å². The van der Waals surface area contributed by atoms with Crippen LogP contribution in [0.25, 0.3) is 0 Å². The van der Waals surface area contributed by atoms with E-state index in [1.807, 2.05) is 24.3 Å². The summed E-state index contributed by atoms with van der Waals surface area (Å²) < 4.78 is 9.83. The monoisotopic (exact) mass is 291 g/mol. The predicted octanol–water partition coefficient (Wildman–Crippen LogP) is 1.30. The summed E-state index contributed by atoms with van der Waals surface area (Å²) in [6.07, 6.45) is 1.30. The van der Waals surface area contributed by atoms with Crippen molar-refractivity contribution < 1.29 is 19.1 Å². The second-order valence-corrected chi connectivity index (χ2v) is 5.19. The van der Waals surface area contributed by atoms with E-state index in [9.17, 15) is 9.59 Å². The molecule has 1 unspecified atom stereocenters. The van der Waals surface area contributed by atoms with E-state index in [0.29, 0.717) is 19.5 Å². The topological polar surface area (TPSA) is 55.8 Å². The number of carbonyl (C=O) groups excluding carboxylic acids is 2. The second-order valence-electron chi connectivity index (χ2n) is 5.19. The number of esters is 1. The molecule has 5 nitrogen and oxygen atoms in total. The van der Waals surface area contributed by atoms with Crippen LogP contribution in [0.4, 0.5) is 0 Å². The molecule has 1 aromatic carbocycles. The number of likely N-dealkylation sites (tertiary alicyclic amines) is 1. The number of carbonyl (C=O) groups is 2. The van der Waals surface area contributed by atoms with Gasteiger partial charge in [0.05, 0.1) is 14.2 Å². The molecule has 1 aliphatic rings. The van der Waals surface area contributed by atoms with Crippen molar-refractivity contribution in [3.05, 3.63) is 29.8 Å². The SMILES string of the molecule is COC(=O)C1CN(CCc2ccc(OC)cc2)CCC1=O. The molecule has 0 aliphatic carbocycles. The molecule has 5 heteroatoms. The minimum Gasteiger partial charge on any atom is -0.497 e. The largest absolute Gasteiger partial charge is 0.497 e. The molecule has 21 heavy (non-hydrogen) atoms. The Balaban J connectivity index is 1.87. The van der Waals surface area contributed by atoms with Crippen LogP contribution in [0, 0.1) is 5.92 Å². The van der Waals surface area contributed by atoms with E-state index < -0.39 is 11.9 Å². The summed E-state index contributed by atoms with van der Waals surface area (Å²) in [5.41, 5.74) is 1.21. The summed E-state index contributed by atoms with van der Waals surface area (Å²) in [5.74, 6) is -0.218. The third-order valence-electron chi connectivity index (χ3n) is 3.87. The van der Waals surface area contributed by atoms with Crippen molar-refractivity contribution in [2.24, 2.45) is 5.92 Å². The maximum atomic E-state index is 11.7. The van der Waals surface area contributed by atoms with Crippen LogP contribution in [-0.2, 0) is 20.7 Å². The molecule has 0 bridgehead atoms. The molecule has 114 valence electrons. The van der Waals surface area contributed by atoms with E-state index in [-0.39, 0.29) is 5.78 Å². The number of nitrogens with zero attached hydrogens (tertiary/aromatic N) is 1. The first kappa shape index (κ1) is 15.5. The zero-order chi connectivity index (χ0) is 15.2. The molecule has 1 saturated heterocycles. The number of ether oxygens (including phenoxy) is 2. The minimum atomic E-state index is -0.625. The fourth-order valence-corrected chi connectivity index (χ4v) is 2.52. The van der Waals surface area contributed by atoms with Crippen molar-refractivity contribution in [2.75, 3.05) is 33.9 Å². The molecule has 1 aromatic rings. The van der Waals surface area contributed by atoms with Crippen LogP contribution in [0.15, 0.2) is 24.3 Å². The molecule has 0 amide bonds. The van der Waals surface area contributed by atoms with Gasteiger partial charge in [-0.05, 0) is 24.1 Å². The highest BCUT2D eigenvalue weighted by atomic mass is 16.5. The van der Waals surface area contributed by atoms with Crippen LogP contribution < -0.4 is 4.74 Å². The second kappa shape index (κ2) is 7.22. The molecule has 0 saturated carbocycles. The molecule has 2 rings (SSSR count). The van der Waals surface area contributed by atoms with E-state index in [2.05, 4.69) is 4.90 Å². The highest BCUT2D eigenvalue weighted by Crippen LogP contribution is 2.16. The number of methoxy groups -OCH3 is 2. The van der Waals surface area contributed by atoms with Crippen LogP contribution >= 0.6 is 0 Å². The van der Waals surface area contributed by atoms with E-state index >= 15 is 0 Å². The lowest BCUT2D eigenvalue weighted by Gasteiger charge is -2.30. The summed E-state index contributed by atoms with van der Waals surface area (Å²) in [6, 6.07) is 7.94. The lowest BCUT2D eigenvalue weighted by molar-refractivity contribution is -0.151. The van der Waals surface area contributed by atoms with Crippen LogP contribution in [0.2, 0.25) is 0 Å². The summed E-state index contributed by atoms with van der Waals surface area (Å²) in [7, 11) is 2.97. The van der Waals surface area contributed by atoms with E-state index in [4.69, 9.17) is 9.47 Å². The Kier molecular flexibility index (Phi) is 5.33. The van der Waals surface area contributed by atoms with Gasteiger partial charge >= 0.3 is 5.97 Å². The third-order valence-corrected chi connectivity index (χ3v) is 3.87. The molecular formula is C16H21NO4. The Morgan fingerprint density at radius 2 is 2.00 bits per heavy atom. The normalized spacial score (nSPS) is 19.3. The quantitative estimate of drug-likeness (QED) is 0.604. The highest BCUT2D eigenvalue weighted by Gasteiger charge is 2.33. The lowest BCUT2D eigenvalue weighted by Crippen LogP contribution is -2.45. The number of benzene rings is 1. The number of piperidine rings is 1. The number of ketones is 1. The molecular weight excluding hydrogens is 270 g/mol. The summed E-state index contributed by atoms with van der Waals surface area (Å²) in [6.45, 7) is 2.00.